The highest BCUT2D eigenvalue weighted by molar-refractivity contribution is 7.92. The third-order valence-corrected chi connectivity index (χ3v) is 4.10. The number of aryl methyl sites for hydroxylation is 1. The van der Waals surface area contributed by atoms with Gasteiger partial charge in [-0.1, -0.05) is 18.2 Å². The second-order valence-corrected chi connectivity index (χ2v) is 7.40. The summed E-state index contributed by atoms with van der Waals surface area (Å²) in [5.41, 5.74) is 0.326. The molecule has 11 heteroatoms. The van der Waals surface area contributed by atoms with E-state index in [0.717, 1.165) is 17.1 Å². The van der Waals surface area contributed by atoms with E-state index in [4.69, 9.17) is 0 Å². The Morgan fingerprint density at radius 3 is 2.50 bits per heavy atom. The van der Waals surface area contributed by atoms with Crippen LogP contribution in [0.2, 0.25) is 0 Å². The van der Waals surface area contributed by atoms with E-state index in [-0.39, 0.29) is 5.69 Å². The highest BCUT2D eigenvalue weighted by Gasteiger charge is 2.21. The molecule has 1 aromatic heterocycles. The fourth-order valence-corrected chi connectivity index (χ4v) is 2.99. The van der Waals surface area contributed by atoms with Crippen LogP contribution in [0.4, 0.5) is 25.0 Å². The van der Waals surface area contributed by atoms with Crippen LogP contribution in [0, 0.1) is 0 Å². The number of carbonyl (C=O) groups is 1. The summed E-state index contributed by atoms with van der Waals surface area (Å²) in [7, 11) is -2.15. The van der Waals surface area contributed by atoms with Crippen molar-refractivity contribution in [1.82, 2.24) is 15.1 Å². The van der Waals surface area contributed by atoms with E-state index >= 15 is 0 Å². The maximum absolute atomic E-state index is 13.0. The van der Waals surface area contributed by atoms with Crippen LogP contribution in [0.5, 0.6) is 0 Å². The summed E-state index contributed by atoms with van der Waals surface area (Å²) in [5, 5.41) is 8.61. The van der Waals surface area contributed by atoms with Crippen molar-refractivity contribution in [3.05, 3.63) is 41.7 Å². The first-order chi connectivity index (χ1) is 12.1. The van der Waals surface area contributed by atoms with Crippen molar-refractivity contribution < 1.29 is 22.0 Å². The number of para-hydroxylation sites is 1. The summed E-state index contributed by atoms with van der Waals surface area (Å²) in [5.74, 6) is 0. The molecule has 26 heavy (non-hydrogen) atoms. The van der Waals surface area contributed by atoms with Crippen molar-refractivity contribution in [3.8, 4) is 0 Å². The average Bonchev–Trinajstić information content (AvgIpc) is 2.86. The topological polar surface area (TPSA) is 105 Å². The molecule has 1 unspecified atom stereocenters. The van der Waals surface area contributed by atoms with Gasteiger partial charge in [0.25, 0.3) is 6.43 Å². The summed E-state index contributed by atoms with van der Waals surface area (Å²) < 4.78 is 52.3. The Bertz CT molecular complexity index is 898. The smallest absolute Gasteiger partial charge is 0.319 e. The summed E-state index contributed by atoms with van der Waals surface area (Å²) in [6.07, 6.45) is -0.650. The molecule has 2 rings (SSSR count). The van der Waals surface area contributed by atoms with Crippen molar-refractivity contribution in [1.29, 1.82) is 0 Å². The van der Waals surface area contributed by atoms with Crippen molar-refractivity contribution >= 4 is 27.4 Å². The van der Waals surface area contributed by atoms with Gasteiger partial charge >= 0.3 is 6.03 Å². The lowest BCUT2D eigenvalue weighted by Crippen LogP contribution is -2.32. The predicted octanol–water partition coefficient (Wildman–Crippen LogP) is 2.61. The van der Waals surface area contributed by atoms with Crippen LogP contribution in [0.1, 0.15) is 30.6 Å². The first-order valence-electron chi connectivity index (χ1n) is 7.52. The molecule has 0 saturated heterocycles. The van der Waals surface area contributed by atoms with Gasteiger partial charge in [0.15, 0.2) is 0 Å². The van der Waals surface area contributed by atoms with E-state index in [1.807, 2.05) is 0 Å². The number of carbonyl (C=O) groups excluding carboxylic acids is 1. The second kappa shape index (κ2) is 7.68. The van der Waals surface area contributed by atoms with E-state index < -0.39 is 34.2 Å². The van der Waals surface area contributed by atoms with E-state index in [2.05, 4.69) is 20.5 Å². The van der Waals surface area contributed by atoms with Gasteiger partial charge < -0.3 is 10.6 Å². The lowest BCUT2D eigenvalue weighted by atomic mass is 10.1. The number of hydrogen-bond donors (Lipinski definition) is 3. The molecule has 0 fully saturated rings. The van der Waals surface area contributed by atoms with Gasteiger partial charge in [0.1, 0.15) is 5.69 Å². The molecule has 0 radical (unpaired) electrons. The third kappa shape index (κ3) is 4.91. The monoisotopic (exact) mass is 387 g/mol. The molecule has 1 aromatic carbocycles. The van der Waals surface area contributed by atoms with E-state index in [1.165, 1.54) is 7.05 Å². The highest BCUT2D eigenvalue weighted by atomic mass is 32.2. The zero-order valence-electron chi connectivity index (χ0n) is 14.3. The van der Waals surface area contributed by atoms with Crippen LogP contribution in [0.15, 0.2) is 30.5 Å². The van der Waals surface area contributed by atoms with E-state index in [1.54, 1.807) is 31.2 Å². The fraction of sp³-hybridized carbons (Fsp3) is 0.333. The van der Waals surface area contributed by atoms with Gasteiger partial charge in [-0.15, -0.1) is 0 Å². The molecule has 2 amide bonds. The Balaban J connectivity index is 2.13. The van der Waals surface area contributed by atoms with Crippen LogP contribution in [-0.2, 0) is 17.1 Å². The Kier molecular flexibility index (Phi) is 5.80. The minimum atomic E-state index is -3.50. The molecular formula is C15H19F2N5O3S. The molecular weight excluding hydrogens is 368 g/mol. The van der Waals surface area contributed by atoms with Gasteiger partial charge in [-0.05, 0) is 18.6 Å². The molecule has 0 aliphatic carbocycles. The number of anilines is 2. The SMILES string of the molecule is CC(NC(=O)Nc1cnn(C)c1C(F)F)c1ccccc1NS(C)(=O)=O. The number of nitrogens with zero attached hydrogens (tertiary/aromatic N) is 2. The Morgan fingerprint density at radius 1 is 1.23 bits per heavy atom. The number of nitrogens with one attached hydrogen (secondary N) is 3. The molecule has 0 aliphatic heterocycles. The van der Waals surface area contributed by atoms with Gasteiger partial charge in [-0.25, -0.2) is 22.0 Å². The number of sulfonamides is 1. The zero-order valence-corrected chi connectivity index (χ0v) is 15.1. The van der Waals surface area contributed by atoms with Crippen molar-refractivity contribution in [2.75, 3.05) is 16.3 Å². The van der Waals surface area contributed by atoms with Crippen molar-refractivity contribution in [2.45, 2.75) is 19.4 Å². The molecule has 2 aromatic rings. The number of aromatic nitrogens is 2. The largest absolute Gasteiger partial charge is 0.331 e. The summed E-state index contributed by atoms with van der Waals surface area (Å²) in [6.45, 7) is 1.64. The minimum Gasteiger partial charge on any atom is -0.331 e. The van der Waals surface area contributed by atoms with Crippen LogP contribution >= 0.6 is 0 Å². The number of halogens is 2. The number of benzene rings is 1. The molecule has 0 saturated carbocycles. The molecule has 1 atom stereocenters. The molecule has 0 aliphatic rings. The quantitative estimate of drug-likeness (QED) is 0.708. The summed E-state index contributed by atoms with van der Waals surface area (Å²) >= 11 is 0. The summed E-state index contributed by atoms with van der Waals surface area (Å²) in [4.78, 5) is 12.1. The highest BCUT2D eigenvalue weighted by Crippen LogP contribution is 2.27. The van der Waals surface area contributed by atoms with Crippen LogP contribution in [0.25, 0.3) is 0 Å². The molecule has 8 nitrogen and oxygen atoms in total. The molecule has 0 spiro atoms. The van der Waals surface area contributed by atoms with Crippen molar-refractivity contribution in [2.24, 2.45) is 7.05 Å². The lowest BCUT2D eigenvalue weighted by Gasteiger charge is -2.18. The number of rotatable bonds is 6. The van der Waals surface area contributed by atoms with E-state index in [9.17, 15) is 22.0 Å². The first-order valence-corrected chi connectivity index (χ1v) is 9.42. The van der Waals surface area contributed by atoms with Crippen molar-refractivity contribution in [3.63, 3.8) is 0 Å². The Morgan fingerprint density at radius 2 is 1.88 bits per heavy atom. The lowest BCUT2D eigenvalue weighted by molar-refractivity contribution is 0.141. The van der Waals surface area contributed by atoms with Gasteiger partial charge in [-0.2, -0.15) is 5.10 Å². The van der Waals surface area contributed by atoms with Crippen LogP contribution in [0.3, 0.4) is 0 Å². The maximum Gasteiger partial charge on any atom is 0.319 e. The zero-order chi connectivity index (χ0) is 19.5. The molecule has 1 heterocycles. The number of amides is 2. The number of hydrogen-bond acceptors (Lipinski definition) is 4. The van der Waals surface area contributed by atoms with Gasteiger partial charge in [0.05, 0.1) is 29.9 Å². The second-order valence-electron chi connectivity index (χ2n) is 5.65. The normalized spacial score (nSPS) is 12.7. The molecule has 3 N–H and O–H groups in total. The van der Waals surface area contributed by atoms with Gasteiger partial charge in [-0.3, -0.25) is 9.40 Å². The fourth-order valence-electron chi connectivity index (χ4n) is 2.40. The summed E-state index contributed by atoms with van der Waals surface area (Å²) in [6, 6.07) is 5.23. The Hall–Kier alpha value is -2.69. The van der Waals surface area contributed by atoms with Gasteiger partial charge in [0.2, 0.25) is 10.0 Å². The Labute approximate surface area is 149 Å². The average molecular weight is 387 g/mol. The molecule has 142 valence electrons. The minimum absolute atomic E-state index is 0.102. The third-order valence-electron chi connectivity index (χ3n) is 3.51. The molecule has 0 bridgehead atoms. The predicted molar refractivity (Wildman–Crippen MR) is 93.6 cm³/mol. The van der Waals surface area contributed by atoms with Crippen LogP contribution < -0.4 is 15.4 Å². The first kappa shape index (κ1) is 19.6. The maximum atomic E-state index is 13.0. The van der Waals surface area contributed by atoms with E-state index in [0.29, 0.717) is 11.3 Å². The van der Waals surface area contributed by atoms with Gasteiger partial charge in [0, 0.05) is 7.05 Å². The van der Waals surface area contributed by atoms with Crippen LogP contribution in [-0.4, -0.2) is 30.5 Å². The number of urea groups is 1. The standard InChI is InChI=1S/C15H19F2N5O3S/c1-9(10-6-4-5-7-11(10)21-26(3,24)25)19-15(23)20-12-8-18-22(2)13(12)14(16)17/h4-9,14,21H,1-3H3,(H2,19,20,23). The number of alkyl halides is 2.